The molecule has 1 aromatic rings. The highest BCUT2D eigenvalue weighted by Crippen LogP contribution is 2.18. The van der Waals surface area contributed by atoms with Gasteiger partial charge in [-0.2, -0.15) is 0 Å². The lowest BCUT2D eigenvalue weighted by molar-refractivity contribution is 0.235. The molecule has 0 aromatic carbocycles. The monoisotopic (exact) mass is 283 g/mol. The summed E-state index contributed by atoms with van der Waals surface area (Å²) in [6.45, 7) is 11.0. The summed E-state index contributed by atoms with van der Waals surface area (Å²) in [4.78, 5) is 7.75. The van der Waals surface area contributed by atoms with Gasteiger partial charge in [0.2, 0.25) is 0 Å². The van der Waals surface area contributed by atoms with Crippen LogP contribution in [0, 0.1) is 0 Å². The van der Waals surface area contributed by atoms with Crippen molar-refractivity contribution in [2.45, 2.75) is 33.4 Å². The second kappa shape index (κ2) is 9.48. The molecule has 110 valence electrons. The van der Waals surface area contributed by atoms with Crippen LogP contribution in [0.2, 0.25) is 0 Å². The van der Waals surface area contributed by atoms with Gasteiger partial charge in [0.25, 0.3) is 0 Å². The average Bonchev–Trinajstić information content (AvgIpc) is 2.81. The molecule has 1 rings (SSSR count). The SMILES string of the molecule is CCCN(CCN(C)C)Cc1ccc(CNCC)s1. The van der Waals surface area contributed by atoms with E-state index in [-0.39, 0.29) is 0 Å². The topological polar surface area (TPSA) is 18.5 Å². The predicted octanol–water partition coefficient (Wildman–Crippen LogP) is 2.63. The largest absolute Gasteiger partial charge is 0.312 e. The van der Waals surface area contributed by atoms with Gasteiger partial charge in [-0.1, -0.05) is 13.8 Å². The molecule has 3 nitrogen and oxygen atoms in total. The predicted molar refractivity (Wildman–Crippen MR) is 85.8 cm³/mol. The molecule has 4 heteroatoms. The molecule has 0 unspecified atom stereocenters. The summed E-state index contributed by atoms with van der Waals surface area (Å²) in [6, 6.07) is 4.55. The summed E-state index contributed by atoms with van der Waals surface area (Å²) in [5, 5.41) is 3.39. The summed E-state index contributed by atoms with van der Waals surface area (Å²) >= 11 is 1.94. The first kappa shape index (κ1) is 16.6. The van der Waals surface area contributed by atoms with Gasteiger partial charge in [0.1, 0.15) is 0 Å². The number of likely N-dealkylation sites (N-methyl/N-ethyl adjacent to an activating group) is 1. The second-order valence-corrected chi connectivity index (χ2v) is 6.48. The molecule has 0 bridgehead atoms. The van der Waals surface area contributed by atoms with E-state index in [0.717, 1.165) is 32.7 Å². The molecule has 0 aliphatic heterocycles. The normalized spacial score (nSPS) is 11.7. The third kappa shape index (κ3) is 7.06. The maximum atomic E-state index is 3.39. The first-order valence-electron chi connectivity index (χ1n) is 7.31. The summed E-state index contributed by atoms with van der Waals surface area (Å²) in [6.07, 6.45) is 1.23. The van der Waals surface area contributed by atoms with Gasteiger partial charge in [-0.25, -0.2) is 0 Å². The van der Waals surface area contributed by atoms with Crippen LogP contribution in [0.4, 0.5) is 0 Å². The molecular weight excluding hydrogens is 254 g/mol. The van der Waals surface area contributed by atoms with Crippen molar-refractivity contribution in [3.8, 4) is 0 Å². The molecule has 0 radical (unpaired) electrons. The van der Waals surface area contributed by atoms with Gasteiger partial charge >= 0.3 is 0 Å². The number of hydrogen-bond acceptors (Lipinski definition) is 4. The Morgan fingerprint density at radius 3 is 2.42 bits per heavy atom. The molecule has 0 spiro atoms. The van der Waals surface area contributed by atoms with E-state index in [1.165, 1.54) is 22.7 Å². The van der Waals surface area contributed by atoms with Crippen molar-refractivity contribution in [2.24, 2.45) is 0 Å². The molecule has 0 fully saturated rings. The highest BCUT2D eigenvalue weighted by atomic mass is 32.1. The van der Waals surface area contributed by atoms with E-state index in [1.54, 1.807) is 0 Å². The summed E-state index contributed by atoms with van der Waals surface area (Å²) in [5.41, 5.74) is 0. The van der Waals surface area contributed by atoms with E-state index in [4.69, 9.17) is 0 Å². The van der Waals surface area contributed by atoms with Crippen molar-refractivity contribution >= 4 is 11.3 Å². The summed E-state index contributed by atoms with van der Waals surface area (Å²) in [5.74, 6) is 0. The van der Waals surface area contributed by atoms with Gasteiger partial charge in [0, 0.05) is 35.9 Å². The Hall–Kier alpha value is -0.420. The quantitative estimate of drug-likeness (QED) is 0.712. The van der Waals surface area contributed by atoms with Crippen LogP contribution in [-0.2, 0) is 13.1 Å². The molecule has 0 aliphatic rings. The standard InChI is InChI=1S/C15H29N3S/c1-5-9-18(11-10-17(3)4)13-15-8-7-14(19-15)12-16-6-2/h7-8,16H,5-6,9-13H2,1-4H3. The Labute approximate surface area is 122 Å². The van der Waals surface area contributed by atoms with E-state index >= 15 is 0 Å². The molecule has 0 saturated heterocycles. The van der Waals surface area contributed by atoms with Gasteiger partial charge in [-0.3, -0.25) is 4.90 Å². The van der Waals surface area contributed by atoms with Crippen molar-refractivity contribution in [3.63, 3.8) is 0 Å². The number of hydrogen-bond donors (Lipinski definition) is 1. The van der Waals surface area contributed by atoms with Crippen LogP contribution >= 0.6 is 11.3 Å². The fraction of sp³-hybridized carbons (Fsp3) is 0.733. The van der Waals surface area contributed by atoms with E-state index in [2.05, 4.69) is 55.2 Å². The van der Waals surface area contributed by atoms with Gasteiger partial charge in [0.15, 0.2) is 0 Å². The van der Waals surface area contributed by atoms with Crippen LogP contribution in [0.3, 0.4) is 0 Å². The van der Waals surface area contributed by atoms with Crippen LogP contribution < -0.4 is 5.32 Å². The van der Waals surface area contributed by atoms with Crippen LogP contribution in [0.5, 0.6) is 0 Å². The highest BCUT2D eigenvalue weighted by molar-refractivity contribution is 7.11. The maximum absolute atomic E-state index is 3.39. The number of nitrogens with zero attached hydrogens (tertiary/aromatic N) is 2. The molecular formula is C15H29N3S. The minimum atomic E-state index is 1.01. The zero-order valence-electron chi connectivity index (χ0n) is 12.9. The fourth-order valence-corrected chi connectivity index (χ4v) is 3.03. The second-order valence-electron chi connectivity index (χ2n) is 5.23. The molecule has 0 saturated carbocycles. The smallest absolute Gasteiger partial charge is 0.0328 e. The molecule has 1 heterocycles. The maximum Gasteiger partial charge on any atom is 0.0328 e. The van der Waals surface area contributed by atoms with Crippen molar-refractivity contribution < 1.29 is 0 Å². The van der Waals surface area contributed by atoms with E-state index < -0.39 is 0 Å². The average molecular weight is 283 g/mol. The third-order valence-electron chi connectivity index (χ3n) is 3.05. The zero-order chi connectivity index (χ0) is 14.1. The van der Waals surface area contributed by atoms with E-state index in [0.29, 0.717) is 0 Å². The first-order chi connectivity index (χ1) is 9.15. The number of rotatable bonds is 10. The van der Waals surface area contributed by atoms with Gasteiger partial charge in [-0.15, -0.1) is 11.3 Å². The first-order valence-corrected chi connectivity index (χ1v) is 8.12. The Morgan fingerprint density at radius 2 is 1.79 bits per heavy atom. The number of nitrogens with one attached hydrogen (secondary N) is 1. The van der Waals surface area contributed by atoms with Crippen LogP contribution in [0.1, 0.15) is 30.0 Å². The van der Waals surface area contributed by atoms with Crippen molar-refractivity contribution in [2.75, 3.05) is 40.3 Å². The minimum Gasteiger partial charge on any atom is -0.312 e. The molecule has 19 heavy (non-hydrogen) atoms. The van der Waals surface area contributed by atoms with E-state index in [1.807, 2.05) is 11.3 Å². The zero-order valence-corrected chi connectivity index (χ0v) is 13.7. The van der Waals surface area contributed by atoms with Crippen molar-refractivity contribution in [1.29, 1.82) is 0 Å². The van der Waals surface area contributed by atoms with Crippen molar-refractivity contribution in [3.05, 3.63) is 21.9 Å². The molecule has 0 amide bonds. The lowest BCUT2D eigenvalue weighted by atomic mass is 10.3. The third-order valence-corrected chi connectivity index (χ3v) is 4.12. The van der Waals surface area contributed by atoms with E-state index in [9.17, 15) is 0 Å². The molecule has 0 aliphatic carbocycles. The van der Waals surface area contributed by atoms with Gasteiger partial charge in [-0.05, 0) is 45.7 Å². The van der Waals surface area contributed by atoms with Gasteiger partial charge in [0.05, 0.1) is 0 Å². The molecule has 0 atom stereocenters. The Kier molecular flexibility index (Phi) is 8.30. The highest BCUT2D eigenvalue weighted by Gasteiger charge is 2.07. The summed E-state index contributed by atoms with van der Waals surface area (Å²) in [7, 11) is 4.29. The Morgan fingerprint density at radius 1 is 1.05 bits per heavy atom. The van der Waals surface area contributed by atoms with Gasteiger partial charge < -0.3 is 10.2 Å². The van der Waals surface area contributed by atoms with Crippen LogP contribution in [0.25, 0.3) is 0 Å². The lowest BCUT2D eigenvalue weighted by Crippen LogP contribution is -2.31. The molecule has 1 aromatic heterocycles. The minimum absolute atomic E-state index is 1.01. The Balaban J connectivity index is 2.45. The van der Waals surface area contributed by atoms with Crippen LogP contribution in [-0.4, -0.2) is 50.1 Å². The van der Waals surface area contributed by atoms with Crippen molar-refractivity contribution in [1.82, 2.24) is 15.1 Å². The summed E-state index contributed by atoms with van der Waals surface area (Å²) < 4.78 is 0. The molecule has 1 N–H and O–H groups in total. The van der Waals surface area contributed by atoms with Crippen LogP contribution in [0.15, 0.2) is 12.1 Å². The Bertz CT molecular complexity index is 336. The number of thiophene rings is 1. The fourth-order valence-electron chi connectivity index (χ4n) is 2.00. The lowest BCUT2D eigenvalue weighted by Gasteiger charge is -2.22.